The van der Waals surface area contributed by atoms with Gasteiger partial charge in [0.2, 0.25) is 0 Å². The zero-order valence-electron chi connectivity index (χ0n) is 9.43. The van der Waals surface area contributed by atoms with Crippen LogP contribution in [0.2, 0.25) is 0 Å². The second kappa shape index (κ2) is 5.70. The minimum absolute atomic E-state index is 0. The lowest BCUT2D eigenvalue weighted by atomic mass is 10.2. The second-order valence-electron chi connectivity index (χ2n) is 3.37. The van der Waals surface area contributed by atoms with E-state index in [2.05, 4.69) is 0 Å². The fourth-order valence-electron chi connectivity index (χ4n) is 1.54. The van der Waals surface area contributed by atoms with Crippen molar-refractivity contribution in [1.29, 1.82) is 0 Å². The molecule has 1 heterocycles. The van der Waals surface area contributed by atoms with E-state index in [1.54, 1.807) is 18.2 Å². The van der Waals surface area contributed by atoms with E-state index in [0.717, 1.165) is 0 Å². The molecule has 1 aromatic carbocycles. The topological polar surface area (TPSA) is 65.5 Å². The summed E-state index contributed by atoms with van der Waals surface area (Å²) in [6.07, 6.45) is 0. The smallest absolute Gasteiger partial charge is 0.193 e. The summed E-state index contributed by atoms with van der Waals surface area (Å²) in [7, 11) is 0. The van der Waals surface area contributed by atoms with E-state index >= 15 is 0 Å². The molecule has 5 heteroatoms. The molecule has 0 atom stereocenters. The van der Waals surface area contributed by atoms with Gasteiger partial charge in [0.1, 0.15) is 17.1 Å². The summed E-state index contributed by atoms with van der Waals surface area (Å²) < 4.78 is 10.8. The lowest BCUT2D eigenvalue weighted by molar-refractivity contribution is 0.340. The molecule has 0 spiro atoms. The van der Waals surface area contributed by atoms with E-state index in [1.165, 1.54) is 6.07 Å². The first-order valence-electron chi connectivity index (χ1n) is 5.14. The van der Waals surface area contributed by atoms with Gasteiger partial charge in [0.25, 0.3) is 0 Å². The van der Waals surface area contributed by atoms with Gasteiger partial charge in [-0.05, 0) is 19.1 Å². The van der Waals surface area contributed by atoms with Crippen LogP contribution in [0.15, 0.2) is 33.5 Å². The number of benzene rings is 1. The molecule has 1 aromatic heterocycles. The van der Waals surface area contributed by atoms with E-state index in [0.29, 0.717) is 29.1 Å². The quantitative estimate of drug-likeness (QED) is 0.912. The fourth-order valence-corrected chi connectivity index (χ4v) is 1.54. The average Bonchev–Trinajstić information content (AvgIpc) is 2.29. The van der Waals surface area contributed by atoms with Gasteiger partial charge in [0.05, 0.1) is 18.5 Å². The van der Waals surface area contributed by atoms with Gasteiger partial charge in [0, 0.05) is 12.1 Å². The van der Waals surface area contributed by atoms with Crippen LogP contribution in [-0.2, 0) is 6.54 Å². The van der Waals surface area contributed by atoms with Gasteiger partial charge < -0.3 is 14.9 Å². The highest BCUT2D eigenvalue weighted by molar-refractivity contribution is 5.85. The van der Waals surface area contributed by atoms with Crippen LogP contribution in [0.1, 0.15) is 12.7 Å². The van der Waals surface area contributed by atoms with E-state index in [-0.39, 0.29) is 24.4 Å². The van der Waals surface area contributed by atoms with Crippen LogP contribution in [-0.4, -0.2) is 6.61 Å². The van der Waals surface area contributed by atoms with Gasteiger partial charge in [-0.1, -0.05) is 0 Å². The maximum absolute atomic E-state index is 11.7. The summed E-state index contributed by atoms with van der Waals surface area (Å²) in [5.41, 5.74) is 5.88. The molecule has 2 N–H and O–H groups in total. The standard InChI is InChI=1S/C12H13NO3.ClH/c1-2-15-8-3-4-10-11(14)5-9(7-13)16-12(10)6-8;/h3-6H,2,7,13H2,1H3;1H. The molecule has 0 radical (unpaired) electrons. The number of halogens is 1. The van der Waals surface area contributed by atoms with Crippen LogP contribution in [0.3, 0.4) is 0 Å². The van der Waals surface area contributed by atoms with Crippen molar-refractivity contribution in [2.75, 3.05) is 6.61 Å². The minimum atomic E-state index is -0.0789. The van der Waals surface area contributed by atoms with Crippen LogP contribution in [0.5, 0.6) is 5.75 Å². The SMILES string of the molecule is CCOc1ccc2c(=O)cc(CN)oc2c1.Cl. The first-order chi connectivity index (χ1) is 7.74. The largest absolute Gasteiger partial charge is 0.494 e. The summed E-state index contributed by atoms with van der Waals surface area (Å²) in [4.78, 5) is 11.7. The second-order valence-corrected chi connectivity index (χ2v) is 3.37. The Morgan fingerprint density at radius 2 is 2.12 bits per heavy atom. The van der Waals surface area contributed by atoms with Crippen molar-refractivity contribution in [2.24, 2.45) is 5.73 Å². The molecule has 0 unspecified atom stereocenters. The number of nitrogens with two attached hydrogens (primary N) is 1. The zero-order chi connectivity index (χ0) is 11.5. The number of hydrogen-bond donors (Lipinski definition) is 1. The summed E-state index contributed by atoms with van der Waals surface area (Å²) in [6, 6.07) is 6.58. The van der Waals surface area contributed by atoms with Crippen LogP contribution in [0.4, 0.5) is 0 Å². The Labute approximate surface area is 105 Å². The molecule has 2 rings (SSSR count). The van der Waals surface area contributed by atoms with Crippen LogP contribution in [0, 0.1) is 0 Å². The molecule has 0 fully saturated rings. The molecule has 0 saturated carbocycles. The number of hydrogen-bond acceptors (Lipinski definition) is 4. The van der Waals surface area contributed by atoms with Gasteiger partial charge in [0.15, 0.2) is 5.43 Å². The molecule has 92 valence electrons. The fraction of sp³-hybridized carbons (Fsp3) is 0.250. The Kier molecular flexibility index (Phi) is 4.54. The van der Waals surface area contributed by atoms with Crippen molar-refractivity contribution < 1.29 is 9.15 Å². The third-order valence-corrected chi connectivity index (χ3v) is 2.26. The Balaban J connectivity index is 0.00000144. The lowest BCUT2D eigenvalue weighted by Gasteiger charge is -2.04. The predicted octanol–water partition coefficient (Wildman–Crippen LogP) is 2.07. The maximum Gasteiger partial charge on any atom is 0.193 e. The van der Waals surface area contributed by atoms with Crippen molar-refractivity contribution in [3.63, 3.8) is 0 Å². The number of ether oxygens (including phenoxy) is 1. The molecular weight excluding hydrogens is 242 g/mol. The van der Waals surface area contributed by atoms with E-state index in [4.69, 9.17) is 14.9 Å². The minimum Gasteiger partial charge on any atom is -0.494 e. The Morgan fingerprint density at radius 1 is 1.35 bits per heavy atom. The zero-order valence-corrected chi connectivity index (χ0v) is 10.3. The van der Waals surface area contributed by atoms with Crippen molar-refractivity contribution in [3.8, 4) is 5.75 Å². The maximum atomic E-state index is 11.7. The van der Waals surface area contributed by atoms with Gasteiger partial charge in [-0.3, -0.25) is 4.79 Å². The molecule has 0 aliphatic rings. The van der Waals surface area contributed by atoms with Crippen LogP contribution in [0.25, 0.3) is 11.0 Å². The molecule has 0 aliphatic heterocycles. The molecule has 17 heavy (non-hydrogen) atoms. The summed E-state index contributed by atoms with van der Waals surface area (Å²) in [5, 5.41) is 0.542. The van der Waals surface area contributed by atoms with Gasteiger partial charge in [-0.25, -0.2) is 0 Å². The lowest BCUT2D eigenvalue weighted by Crippen LogP contribution is -2.05. The third-order valence-electron chi connectivity index (χ3n) is 2.26. The molecule has 0 bridgehead atoms. The molecule has 0 aliphatic carbocycles. The van der Waals surface area contributed by atoms with Gasteiger partial charge in [-0.15, -0.1) is 12.4 Å². The summed E-state index contributed by atoms with van der Waals surface area (Å²) in [6.45, 7) is 2.69. The highest BCUT2D eigenvalue weighted by atomic mass is 35.5. The highest BCUT2D eigenvalue weighted by Crippen LogP contribution is 2.19. The van der Waals surface area contributed by atoms with Crippen LogP contribution < -0.4 is 15.9 Å². The summed E-state index contributed by atoms with van der Waals surface area (Å²) >= 11 is 0. The summed E-state index contributed by atoms with van der Waals surface area (Å²) in [5.74, 6) is 1.17. The van der Waals surface area contributed by atoms with Crippen molar-refractivity contribution in [1.82, 2.24) is 0 Å². The molecule has 0 saturated heterocycles. The molecule has 2 aromatic rings. The van der Waals surface area contributed by atoms with Crippen molar-refractivity contribution in [2.45, 2.75) is 13.5 Å². The Morgan fingerprint density at radius 3 is 2.76 bits per heavy atom. The van der Waals surface area contributed by atoms with Crippen molar-refractivity contribution in [3.05, 3.63) is 40.2 Å². The number of rotatable bonds is 3. The Bertz CT molecular complexity index is 565. The van der Waals surface area contributed by atoms with E-state index in [9.17, 15) is 4.79 Å². The molecular formula is C12H14ClNO3. The van der Waals surface area contributed by atoms with Gasteiger partial charge in [-0.2, -0.15) is 0 Å². The third kappa shape index (κ3) is 2.78. The average molecular weight is 256 g/mol. The van der Waals surface area contributed by atoms with Gasteiger partial charge >= 0.3 is 0 Å². The first kappa shape index (κ1) is 13.5. The monoisotopic (exact) mass is 255 g/mol. The first-order valence-corrected chi connectivity index (χ1v) is 5.14. The van der Waals surface area contributed by atoms with E-state index < -0.39 is 0 Å². The predicted molar refractivity (Wildman–Crippen MR) is 68.8 cm³/mol. The molecule has 4 nitrogen and oxygen atoms in total. The highest BCUT2D eigenvalue weighted by Gasteiger charge is 2.05. The Hall–Kier alpha value is -1.52. The molecule has 0 amide bonds. The van der Waals surface area contributed by atoms with Crippen LogP contribution >= 0.6 is 12.4 Å². The van der Waals surface area contributed by atoms with E-state index in [1.807, 2.05) is 6.92 Å². The normalized spacial score (nSPS) is 10.0. The number of fused-ring (bicyclic) bond motifs is 1. The van der Waals surface area contributed by atoms with Crippen molar-refractivity contribution >= 4 is 23.4 Å².